The molecule has 1 aromatic heterocycles. The van der Waals surface area contributed by atoms with Crippen molar-refractivity contribution in [1.29, 1.82) is 0 Å². The van der Waals surface area contributed by atoms with E-state index < -0.39 is 5.97 Å². The van der Waals surface area contributed by atoms with Crippen LogP contribution in [0, 0.1) is 5.92 Å². The lowest BCUT2D eigenvalue weighted by Crippen LogP contribution is -1.99. The Labute approximate surface area is 62.5 Å². The second-order valence-electron chi connectivity index (χ2n) is 2.66. The Hall–Kier alpha value is -1.39. The molecule has 2 atom stereocenters. The molecule has 0 aromatic carbocycles. The molecule has 1 aliphatic rings. The van der Waals surface area contributed by atoms with Gasteiger partial charge in [0.15, 0.2) is 0 Å². The highest BCUT2D eigenvalue weighted by Gasteiger charge is 2.46. The van der Waals surface area contributed by atoms with Gasteiger partial charge in [0.1, 0.15) is 12.2 Å². The minimum Gasteiger partial charge on any atom is -0.481 e. The summed E-state index contributed by atoms with van der Waals surface area (Å²) in [4.78, 5) is 14.3. The molecule has 5 nitrogen and oxygen atoms in total. The van der Waals surface area contributed by atoms with Crippen LogP contribution in [0.5, 0.6) is 0 Å². The molecule has 58 valence electrons. The zero-order chi connectivity index (χ0) is 7.84. The van der Waals surface area contributed by atoms with E-state index in [1.165, 1.54) is 6.33 Å². The molecule has 2 rings (SSSR count). The Kier molecular flexibility index (Phi) is 1.18. The number of aromatic amines is 1. The lowest BCUT2D eigenvalue weighted by molar-refractivity contribution is -0.138. The van der Waals surface area contributed by atoms with E-state index in [4.69, 9.17) is 5.11 Å². The van der Waals surface area contributed by atoms with E-state index in [9.17, 15) is 4.79 Å². The molecule has 0 amide bonds. The summed E-state index contributed by atoms with van der Waals surface area (Å²) in [5, 5.41) is 14.9. The lowest BCUT2D eigenvalue weighted by Gasteiger charge is -1.87. The van der Waals surface area contributed by atoms with Crippen molar-refractivity contribution in [2.75, 3.05) is 0 Å². The van der Waals surface area contributed by atoms with Gasteiger partial charge < -0.3 is 5.11 Å². The number of rotatable bonds is 2. The molecular weight excluding hydrogens is 146 g/mol. The minimum absolute atomic E-state index is 0.0648. The van der Waals surface area contributed by atoms with Crippen LogP contribution in [-0.4, -0.2) is 26.3 Å². The third-order valence-corrected chi connectivity index (χ3v) is 1.89. The first-order chi connectivity index (χ1) is 5.29. The van der Waals surface area contributed by atoms with Gasteiger partial charge in [-0.1, -0.05) is 0 Å². The molecule has 1 aliphatic carbocycles. The molecule has 2 N–H and O–H groups in total. The maximum atomic E-state index is 10.4. The summed E-state index contributed by atoms with van der Waals surface area (Å²) in [7, 11) is 0. The van der Waals surface area contributed by atoms with Gasteiger partial charge in [-0.3, -0.25) is 9.89 Å². The van der Waals surface area contributed by atoms with Crippen LogP contribution in [-0.2, 0) is 4.79 Å². The van der Waals surface area contributed by atoms with Crippen molar-refractivity contribution in [3.8, 4) is 0 Å². The first kappa shape index (κ1) is 6.33. The van der Waals surface area contributed by atoms with E-state index >= 15 is 0 Å². The van der Waals surface area contributed by atoms with E-state index in [-0.39, 0.29) is 11.8 Å². The van der Waals surface area contributed by atoms with Gasteiger partial charge in [0.2, 0.25) is 0 Å². The lowest BCUT2D eigenvalue weighted by atomic mass is 10.3. The van der Waals surface area contributed by atoms with E-state index in [0.717, 1.165) is 0 Å². The summed E-state index contributed by atoms with van der Waals surface area (Å²) < 4.78 is 0. The van der Waals surface area contributed by atoms with Crippen molar-refractivity contribution in [1.82, 2.24) is 15.2 Å². The third kappa shape index (κ3) is 0.978. The van der Waals surface area contributed by atoms with Gasteiger partial charge in [-0.05, 0) is 6.42 Å². The fourth-order valence-electron chi connectivity index (χ4n) is 1.16. The van der Waals surface area contributed by atoms with Gasteiger partial charge in [-0.15, -0.1) is 0 Å². The fraction of sp³-hybridized carbons (Fsp3) is 0.500. The molecular formula is C6H7N3O2. The molecule has 1 aromatic rings. The summed E-state index contributed by atoms with van der Waals surface area (Å²) in [6, 6.07) is 0. The maximum Gasteiger partial charge on any atom is 0.307 e. The number of carbonyl (C=O) groups is 1. The molecule has 0 aliphatic heterocycles. The third-order valence-electron chi connectivity index (χ3n) is 1.89. The van der Waals surface area contributed by atoms with Crippen LogP contribution in [0.1, 0.15) is 18.2 Å². The average molecular weight is 153 g/mol. The zero-order valence-electron chi connectivity index (χ0n) is 5.69. The van der Waals surface area contributed by atoms with Crippen LogP contribution in [0.2, 0.25) is 0 Å². The molecule has 0 radical (unpaired) electrons. The van der Waals surface area contributed by atoms with Crippen LogP contribution in [0.15, 0.2) is 6.33 Å². The summed E-state index contributed by atoms with van der Waals surface area (Å²) in [5.41, 5.74) is 0. The summed E-state index contributed by atoms with van der Waals surface area (Å²) in [6.45, 7) is 0. The largest absolute Gasteiger partial charge is 0.481 e. The van der Waals surface area contributed by atoms with Crippen LogP contribution >= 0.6 is 0 Å². The smallest absolute Gasteiger partial charge is 0.307 e. The Balaban J connectivity index is 2.08. The molecule has 5 heteroatoms. The normalized spacial score (nSPS) is 28.4. The highest BCUT2D eigenvalue weighted by Crippen LogP contribution is 2.45. The topological polar surface area (TPSA) is 78.9 Å². The molecule has 1 fully saturated rings. The second-order valence-corrected chi connectivity index (χ2v) is 2.66. The predicted molar refractivity (Wildman–Crippen MR) is 34.9 cm³/mol. The molecule has 1 saturated carbocycles. The maximum absolute atomic E-state index is 10.4. The molecule has 1 heterocycles. The molecule has 0 saturated heterocycles. The number of H-pyrrole nitrogens is 1. The fourth-order valence-corrected chi connectivity index (χ4v) is 1.16. The predicted octanol–water partition coefficient (Wildman–Crippen LogP) is -0.00720. The van der Waals surface area contributed by atoms with Gasteiger partial charge in [0.25, 0.3) is 0 Å². The Morgan fingerprint density at radius 3 is 3.09 bits per heavy atom. The van der Waals surface area contributed by atoms with Gasteiger partial charge in [0.05, 0.1) is 5.92 Å². The number of nitrogens with one attached hydrogen (secondary N) is 1. The number of aromatic nitrogens is 3. The van der Waals surface area contributed by atoms with E-state index in [1.807, 2.05) is 0 Å². The quantitative estimate of drug-likeness (QED) is 0.626. The van der Waals surface area contributed by atoms with Crippen LogP contribution in [0.3, 0.4) is 0 Å². The molecule has 0 spiro atoms. The van der Waals surface area contributed by atoms with Crippen molar-refractivity contribution in [3.05, 3.63) is 12.2 Å². The first-order valence-electron chi connectivity index (χ1n) is 3.37. The monoisotopic (exact) mass is 153 g/mol. The van der Waals surface area contributed by atoms with Gasteiger partial charge >= 0.3 is 5.97 Å². The minimum atomic E-state index is -0.744. The van der Waals surface area contributed by atoms with E-state index in [0.29, 0.717) is 12.2 Å². The Morgan fingerprint density at radius 1 is 1.82 bits per heavy atom. The first-order valence-corrected chi connectivity index (χ1v) is 3.37. The summed E-state index contributed by atoms with van der Waals surface area (Å²) >= 11 is 0. The Bertz CT molecular complexity index is 269. The van der Waals surface area contributed by atoms with Crippen LogP contribution < -0.4 is 0 Å². The number of nitrogens with zero attached hydrogens (tertiary/aromatic N) is 2. The summed E-state index contributed by atoms with van der Waals surface area (Å²) in [6.07, 6.45) is 2.08. The van der Waals surface area contributed by atoms with Crippen LogP contribution in [0.4, 0.5) is 0 Å². The summed E-state index contributed by atoms with van der Waals surface area (Å²) in [5.74, 6) is -0.234. The Morgan fingerprint density at radius 2 is 2.64 bits per heavy atom. The van der Waals surface area contributed by atoms with Crippen molar-refractivity contribution < 1.29 is 9.90 Å². The van der Waals surface area contributed by atoms with Crippen molar-refractivity contribution in [2.45, 2.75) is 12.3 Å². The van der Waals surface area contributed by atoms with Crippen molar-refractivity contribution in [2.24, 2.45) is 5.92 Å². The second kappa shape index (κ2) is 2.05. The average Bonchev–Trinajstić information content (AvgIpc) is 2.60. The molecule has 2 unspecified atom stereocenters. The van der Waals surface area contributed by atoms with Gasteiger partial charge in [-0.2, -0.15) is 5.10 Å². The van der Waals surface area contributed by atoms with Gasteiger partial charge in [0, 0.05) is 5.92 Å². The number of carboxylic acids is 1. The standard InChI is InChI=1S/C6H7N3O2/c10-6(11)4-1-3(4)5-7-2-8-9-5/h2-4H,1H2,(H,10,11)(H,7,8,9). The highest BCUT2D eigenvalue weighted by atomic mass is 16.4. The number of hydrogen-bond donors (Lipinski definition) is 2. The highest BCUT2D eigenvalue weighted by molar-refractivity contribution is 5.74. The zero-order valence-corrected chi connectivity index (χ0v) is 5.69. The molecule has 0 bridgehead atoms. The number of aliphatic carboxylic acids is 1. The van der Waals surface area contributed by atoms with E-state index in [1.54, 1.807) is 0 Å². The number of hydrogen-bond acceptors (Lipinski definition) is 3. The van der Waals surface area contributed by atoms with E-state index in [2.05, 4.69) is 15.2 Å². The molecule has 11 heavy (non-hydrogen) atoms. The van der Waals surface area contributed by atoms with Crippen molar-refractivity contribution >= 4 is 5.97 Å². The SMILES string of the molecule is O=C(O)C1CC1c1ncn[nH]1. The number of carboxylic acid groups (broad SMARTS) is 1. The van der Waals surface area contributed by atoms with Crippen molar-refractivity contribution in [3.63, 3.8) is 0 Å². The van der Waals surface area contributed by atoms with Crippen LogP contribution in [0.25, 0.3) is 0 Å². The van der Waals surface area contributed by atoms with Gasteiger partial charge in [-0.25, -0.2) is 4.98 Å².